The second-order valence-electron chi connectivity index (χ2n) is 5.71. The predicted octanol–water partition coefficient (Wildman–Crippen LogP) is 4.33. The van der Waals surface area contributed by atoms with Crippen LogP contribution in [0.2, 0.25) is 5.02 Å². The average Bonchev–Trinajstić information content (AvgIpc) is 2.80. The number of aryl methyl sites for hydroxylation is 1. The van der Waals surface area contributed by atoms with E-state index in [2.05, 4.69) is 22.0 Å². The summed E-state index contributed by atoms with van der Waals surface area (Å²) >= 11 is 6.10. The molecule has 0 aliphatic rings. The topological polar surface area (TPSA) is 43.3 Å². The molecule has 3 rings (SSSR count). The van der Waals surface area contributed by atoms with Crippen LogP contribution in [-0.4, -0.2) is 17.6 Å². The van der Waals surface area contributed by atoms with Crippen molar-refractivity contribution in [2.24, 2.45) is 7.05 Å². The normalized spacial score (nSPS) is 10.8. The predicted molar refractivity (Wildman–Crippen MR) is 98.0 cm³/mol. The molecule has 0 aliphatic carbocycles. The summed E-state index contributed by atoms with van der Waals surface area (Å²) in [6.45, 7) is 2.03. The highest BCUT2D eigenvalue weighted by Gasteiger charge is 2.15. The largest absolute Gasteiger partial charge is 0.495 e. The standard InChI is InChI=1S/C19H19ClN2O2/c1-12-15(14-6-4-5-7-17(14)22(12)2)11-19(23)21-13-8-9-18(24-3)16(20)10-13/h4-10H,11H2,1-3H3,(H,21,23). The summed E-state index contributed by atoms with van der Waals surface area (Å²) in [7, 11) is 3.57. The maximum atomic E-state index is 12.5. The Labute approximate surface area is 146 Å². The van der Waals surface area contributed by atoms with Crippen molar-refractivity contribution in [2.45, 2.75) is 13.3 Å². The molecule has 0 bridgehead atoms. The molecule has 1 amide bonds. The number of anilines is 1. The molecule has 0 saturated carbocycles. The molecule has 124 valence electrons. The molecule has 2 aromatic carbocycles. The van der Waals surface area contributed by atoms with Crippen LogP contribution >= 0.6 is 11.6 Å². The highest BCUT2D eigenvalue weighted by atomic mass is 35.5. The number of amides is 1. The third kappa shape index (κ3) is 2.97. The van der Waals surface area contributed by atoms with Gasteiger partial charge in [0.1, 0.15) is 5.75 Å². The summed E-state index contributed by atoms with van der Waals surface area (Å²) in [6.07, 6.45) is 0.316. The summed E-state index contributed by atoms with van der Waals surface area (Å²) < 4.78 is 7.23. The number of aromatic nitrogens is 1. The van der Waals surface area contributed by atoms with Gasteiger partial charge in [-0.3, -0.25) is 4.79 Å². The highest BCUT2D eigenvalue weighted by molar-refractivity contribution is 6.32. The molecule has 4 nitrogen and oxygen atoms in total. The first-order chi connectivity index (χ1) is 11.5. The molecule has 24 heavy (non-hydrogen) atoms. The number of hydrogen-bond donors (Lipinski definition) is 1. The minimum atomic E-state index is -0.0734. The number of rotatable bonds is 4. The van der Waals surface area contributed by atoms with Gasteiger partial charge in [0.25, 0.3) is 0 Å². The number of halogens is 1. The smallest absolute Gasteiger partial charge is 0.228 e. The lowest BCUT2D eigenvalue weighted by Gasteiger charge is -2.08. The van der Waals surface area contributed by atoms with Crippen molar-refractivity contribution in [1.82, 2.24) is 4.57 Å². The molecule has 1 N–H and O–H groups in total. The van der Waals surface area contributed by atoms with E-state index in [1.807, 2.05) is 26.1 Å². The van der Waals surface area contributed by atoms with Gasteiger partial charge in [0.05, 0.1) is 18.6 Å². The van der Waals surface area contributed by atoms with Gasteiger partial charge in [-0.25, -0.2) is 0 Å². The van der Waals surface area contributed by atoms with E-state index in [1.165, 1.54) is 0 Å². The minimum absolute atomic E-state index is 0.0734. The zero-order valence-corrected chi connectivity index (χ0v) is 14.6. The zero-order chi connectivity index (χ0) is 17.3. The maximum Gasteiger partial charge on any atom is 0.228 e. The van der Waals surface area contributed by atoms with Crippen LogP contribution in [0.25, 0.3) is 10.9 Å². The number of hydrogen-bond acceptors (Lipinski definition) is 2. The summed E-state index contributed by atoms with van der Waals surface area (Å²) in [4.78, 5) is 12.5. The molecular formula is C19H19ClN2O2. The summed E-state index contributed by atoms with van der Waals surface area (Å²) in [5, 5.41) is 4.48. The van der Waals surface area contributed by atoms with Crippen molar-refractivity contribution in [2.75, 3.05) is 12.4 Å². The molecule has 0 fully saturated rings. The van der Waals surface area contributed by atoms with Gasteiger partial charge in [0, 0.05) is 29.3 Å². The average molecular weight is 343 g/mol. The van der Waals surface area contributed by atoms with E-state index >= 15 is 0 Å². The van der Waals surface area contributed by atoms with Gasteiger partial charge in [-0.05, 0) is 36.8 Å². The van der Waals surface area contributed by atoms with E-state index in [1.54, 1.807) is 25.3 Å². The number of fused-ring (bicyclic) bond motifs is 1. The number of para-hydroxylation sites is 1. The van der Waals surface area contributed by atoms with Crippen LogP contribution < -0.4 is 10.1 Å². The fourth-order valence-electron chi connectivity index (χ4n) is 2.93. The number of nitrogens with zero attached hydrogens (tertiary/aromatic N) is 1. The maximum absolute atomic E-state index is 12.5. The SMILES string of the molecule is COc1ccc(NC(=O)Cc2c(C)n(C)c3ccccc23)cc1Cl. The van der Waals surface area contributed by atoms with Crippen LogP contribution in [0.1, 0.15) is 11.3 Å². The van der Waals surface area contributed by atoms with E-state index in [-0.39, 0.29) is 5.91 Å². The van der Waals surface area contributed by atoms with Crippen molar-refractivity contribution in [3.05, 3.63) is 58.7 Å². The van der Waals surface area contributed by atoms with Crippen molar-refractivity contribution in [1.29, 1.82) is 0 Å². The number of ether oxygens (including phenoxy) is 1. The molecule has 0 radical (unpaired) electrons. The number of carbonyl (C=O) groups excluding carboxylic acids is 1. The monoisotopic (exact) mass is 342 g/mol. The van der Waals surface area contributed by atoms with Crippen molar-refractivity contribution in [3.63, 3.8) is 0 Å². The van der Waals surface area contributed by atoms with E-state index in [0.29, 0.717) is 22.9 Å². The number of benzene rings is 2. The second-order valence-corrected chi connectivity index (χ2v) is 6.12. The van der Waals surface area contributed by atoms with E-state index in [9.17, 15) is 4.79 Å². The van der Waals surface area contributed by atoms with Crippen LogP contribution in [0.5, 0.6) is 5.75 Å². The van der Waals surface area contributed by atoms with Crippen molar-refractivity contribution in [3.8, 4) is 5.75 Å². The molecule has 0 aliphatic heterocycles. The lowest BCUT2D eigenvalue weighted by molar-refractivity contribution is -0.115. The van der Waals surface area contributed by atoms with Gasteiger partial charge in [0.15, 0.2) is 0 Å². The highest BCUT2D eigenvalue weighted by Crippen LogP contribution is 2.28. The molecule has 1 heterocycles. The Morgan fingerprint density at radius 2 is 2.00 bits per heavy atom. The van der Waals surface area contributed by atoms with Gasteiger partial charge in [0.2, 0.25) is 5.91 Å². The number of nitrogens with one attached hydrogen (secondary N) is 1. The van der Waals surface area contributed by atoms with Gasteiger partial charge in [-0.2, -0.15) is 0 Å². The third-order valence-corrected chi connectivity index (χ3v) is 4.60. The lowest BCUT2D eigenvalue weighted by Crippen LogP contribution is -2.15. The molecule has 5 heteroatoms. The molecule has 0 unspecified atom stereocenters. The van der Waals surface area contributed by atoms with Crippen molar-refractivity contribution < 1.29 is 9.53 Å². The molecule has 0 atom stereocenters. The van der Waals surface area contributed by atoms with E-state index in [0.717, 1.165) is 22.2 Å². The minimum Gasteiger partial charge on any atom is -0.495 e. The quantitative estimate of drug-likeness (QED) is 0.766. The Balaban J connectivity index is 1.83. The Morgan fingerprint density at radius 1 is 1.25 bits per heavy atom. The first kappa shape index (κ1) is 16.4. The van der Waals surface area contributed by atoms with Gasteiger partial charge in [-0.15, -0.1) is 0 Å². The van der Waals surface area contributed by atoms with E-state index < -0.39 is 0 Å². The molecule has 3 aromatic rings. The Bertz CT molecular complexity index is 915. The van der Waals surface area contributed by atoms with Gasteiger partial charge in [-0.1, -0.05) is 29.8 Å². The molecule has 1 aromatic heterocycles. The Kier molecular flexibility index (Phi) is 4.49. The molecule has 0 saturated heterocycles. The van der Waals surface area contributed by atoms with Gasteiger partial charge >= 0.3 is 0 Å². The van der Waals surface area contributed by atoms with Crippen molar-refractivity contribution >= 4 is 34.1 Å². The van der Waals surface area contributed by atoms with Crippen LogP contribution in [0.15, 0.2) is 42.5 Å². The first-order valence-corrected chi connectivity index (χ1v) is 8.05. The number of methoxy groups -OCH3 is 1. The Morgan fingerprint density at radius 3 is 2.71 bits per heavy atom. The summed E-state index contributed by atoms with van der Waals surface area (Å²) in [5.41, 5.74) is 3.93. The zero-order valence-electron chi connectivity index (χ0n) is 13.9. The fraction of sp³-hybridized carbons (Fsp3) is 0.211. The summed E-state index contributed by atoms with van der Waals surface area (Å²) in [6, 6.07) is 13.3. The van der Waals surface area contributed by atoms with Crippen LogP contribution in [-0.2, 0) is 18.3 Å². The van der Waals surface area contributed by atoms with Gasteiger partial charge < -0.3 is 14.6 Å². The van der Waals surface area contributed by atoms with E-state index in [4.69, 9.17) is 16.3 Å². The Hall–Kier alpha value is -2.46. The second kappa shape index (κ2) is 6.57. The van der Waals surface area contributed by atoms with Crippen LogP contribution in [0, 0.1) is 6.92 Å². The fourth-order valence-corrected chi connectivity index (χ4v) is 3.19. The third-order valence-electron chi connectivity index (χ3n) is 4.30. The molecule has 0 spiro atoms. The van der Waals surface area contributed by atoms with Crippen LogP contribution in [0.3, 0.4) is 0 Å². The van der Waals surface area contributed by atoms with Crippen LogP contribution in [0.4, 0.5) is 5.69 Å². The molecular weight excluding hydrogens is 324 g/mol. The number of carbonyl (C=O) groups is 1. The first-order valence-electron chi connectivity index (χ1n) is 7.67. The lowest BCUT2D eigenvalue weighted by atomic mass is 10.1. The summed E-state index contributed by atoms with van der Waals surface area (Å²) in [5.74, 6) is 0.509.